The van der Waals surface area contributed by atoms with Crippen molar-refractivity contribution in [2.24, 2.45) is 10.9 Å². The van der Waals surface area contributed by atoms with Gasteiger partial charge < -0.3 is 15.2 Å². The predicted octanol–water partition coefficient (Wildman–Crippen LogP) is 3.81. The van der Waals surface area contributed by atoms with Gasteiger partial charge in [-0.2, -0.15) is 0 Å². The maximum Gasteiger partial charge on any atom is 0.191 e. The molecule has 0 bridgehead atoms. The molecular weight excluding hydrogens is 413 g/mol. The van der Waals surface area contributed by atoms with Crippen LogP contribution >= 0.6 is 24.0 Å². The minimum atomic E-state index is 0. The standard InChI is InChI=1S/C18H33N5.HI/c1-2-20-18(22-12-7-14-23-15-13-19-16-23)21-11-6-5-10-17-8-3-4-9-17;/h13,15-17H,2-12,14H2,1H3,(H2,20,21,22);1H. The van der Waals surface area contributed by atoms with Crippen molar-refractivity contribution in [1.82, 2.24) is 20.2 Å². The van der Waals surface area contributed by atoms with Crippen LogP contribution in [0.15, 0.2) is 23.7 Å². The first-order valence-electron chi connectivity index (χ1n) is 9.36. The summed E-state index contributed by atoms with van der Waals surface area (Å²) in [6.45, 7) is 5.87. The summed E-state index contributed by atoms with van der Waals surface area (Å²) in [5, 5.41) is 6.79. The molecule has 1 aromatic rings. The van der Waals surface area contributed by atoms with Crippen LogP contribution in [0.4, 0.5) is 0 Å². The van der Waals surface area contributed by atoms with Gasteiger partial charge in [0.05, 0.1) is 6.33 Å². The normalized spacial score (nSPS) is 15.3. The molecule has 0 spiro atoms. The Bertz CT molecular complexity index is 427. The third kappa shape index (κ3) is 8.89. The molecule has 1 saturated carbocycles. The number of nitrogens with zero attached hydrogens (tertiary/aromatic N) is 3. The van der Waals surface area contributed by atoms with Crippen LogP contribution in [0.3, 0.4) is 0 Å². The Balaban J connectivity index is 0.00000288. The third-order valence-corrected chi connectivity index (χ3v) is 4.55. The van der Waals surface area contributed by atoms with E-state index in [-0.39, 0.29) is 24.0 Å². The highest BCUT2D eigenvalue weighted by molar-refractivity contribution is 14.0. The molecule has 0 aromatic carbocycles. The zero-order chi connectivity index (χ0) is 16.2. The molecule has 1 aromatic heterocycles. The Morgan fingerprint density at radius 3 is 2.75 bits per heavy atom. The number of hydrogen-bond acceptors (Lipinski definition) is 2. The van der Waals surface area contributed by atoms with E-state index >= 15 is 0 Å². The summed E-state index contributed by atoms with van der Waals surface area (Å²) >= 11 is 0. The van der Waals surface area contributed by atoms with Gasteiger partial charge in [0.1, 0.15) is 0 Å². The fourth-order valence-corrected chi connectivity index (χ4v) is 3.27. The number of rotatable bonds is 10. The van der Waals surface area contributed by atoms with Crippen molar-refractivity contribution in [3.8, 4) is 0 Å². The van der Waals surface area contributed by atoms with E-state index in [1.165, 1.54) is 44.9 Å². The minimum absolute atomic E-state index is 0. The Hall–Kier alpha value is -0.790. The van der Waals surface area contributed by atoms with E-state index in [1.807, 2.05) is 18.7 Å². The molecule has 6 heteroatoms. The van der Waals surface area contributed by atoms with Gasteiger partial charge in [0.25, 0.3) is 0 Å². The monoisotopic (exact) mass is 447 g/mol. The van der Waals surface area contributed by atoms with Gasteiger partial charge in [0, 0.05) is 38.6 Å². The van der Waals surface area contributed by atoms with Crippen molar-refractivity contribution in [3.63, 3.8) is 0 Å². The van der Waals surface area contributed by atoms with E-state index in [2.05, 4.69) is 32.1 Å². The molecule has 138 valence electrons. The van der Waals surface area contributed by atoms with Gasteiger partial charge in [-0.3, -0.25) is 4.99 Å². The third-order valence-electron chi connectivity index (χ3n) is 4.55. The van der Waals surface area contributed by atoms with Crippen LogP contribution in [0.2, 0.25) is 0 Å². The Kier molecular flexibility index (Phi) is 12.0. The van der Waals surface area contributed by atoms with Crippen LogP contribution in [-0.4, -0.2) is 35.1 Å². The van der Waals surface area contributed by atoms with Crippen molar-refractivity contribution in [2.75, 3.05) is 19.6 Å². The molecule has 0 radical (unpaired) electrons. The SMILES string of the molecule is CCNC(=NCCCn1ccnc1)NCCCCC1CCCC1.I. The van der Waals surface area contributed by atoms with Crippen LogP contribution in [0.5, 0.6) is 0 Å². The highest BCUT2D eigenvalue weighted by atomic mass is 127. The molecule has 1 aliphatic rings. The smallest absolute Gasteiger partial charge is 0.191 e. The molecule has 0 atom stereocenters. The number of hydrogen-bond donors (Lipinski definition) is 2. The van der Waals surface area contributed by atoms with Gasteiger partial charge in [-0.05, 0) is 25.7 Å². The maximum atomic E-state index is 4.65. The number of unbranched alkanes of at least 4 members (excludes halogenated alkanes) is 1. The zero-order valence-electron chi connectivity index (χ0n) is 15.0. The summed E-state index contributed by atoms with van der Waals surface area (Å²) in [5.41, 5.74) is 0. The summed E-state index contributed by atoms with van der Waals surface area (Å²) in [6.07, 6.45) is 16.6. The quantitative estimate of drug-likeness (QED) is 0.248. The van der Waals surface area contributed by atoms with Crippen LogP contribution in [0, 0.1) is 5.92 Å². The lowest BCUT2D eigenvalue weighted by molar-refractivity contribution is 0.472. The van der Waals surface area contributed by atoms with Crippen molar-refractivity contribution < 1.29 is 0 Å². The fourth-order valence-electron chi connectivity index (χ4n) is 3.27. The van der Waals surface area contributed by atoms with Crippen LogP contribution in [0.1, 0.15) is 58.3 Å². The van der Waals surface area contributed by atoms with E-state index in [9.17, 15) is 0 Å². The van der Waals surface area contributed by atoms with Gasteiger partial charge in [-0.15, -0.1) is 24.0 Å². The van der Waals surface area contributed by atoms with Crippen molar-refractivity contribution >= 4 is 29.9 Å². The lowest BCUT2D eigenvalue weighted by Crippen LogP contribution is -2.37. The van der Waals surface area contributed by atoms with E-state index in [0.29, 0.717) is 0 Å². The van der Waals surface area contributed by atoms with E-state index < -0.39 is 0 Å². The zero-order valence-corrected chi connectivity index (χ0v) is 17.4. The van der Waals surface area contributed by atoms with Crippen LogP contribution < -0.4 is 10.6 Å². The van der Waals surface area contributed by atoms with Crippen molar-refractivity contribution in [1.29, 1.82) is 0 Å². The Morgan fingerprint density at radius 1 is 1.21 bits per heavy atom. The highest BCUT2D eigenvalue weighted by Crippen LogP contribution is 2.28. The second-order valence-electron chi connectivity index (χ2n) is 6.49. The first-order chi connectivity index (χ1) is 11.4. The number of halogens is 1. The molecule has 0 amide bonds. The fraction of sp³-hybridized carbons (Fsp3) is 0.778. The molecule has 2 N–H and O–H groups in total. The average molecular weight is 447 g/mol. The summed E-state index contributed by atoms with van der Waals surface area (Å²) in [7, 11) is 0. The number of imidazole rings is 1. The topological polar surface area (TPSA) is 54.2 Å². The van der Waals surface area contributed by atoms with Gasteiger partial charge in [0.2, 0.25) is 0 Å². The Labute approximate surface area is 164 Å². The summed E-state index contributed by atoms with van der Waals surface area (Å²) in [4.78, 5) is 8.70. The average Bonchev–Trinajstić information content (AvgIpc) is 3.24. The maximum absolute atomic E-state index is 4.65. The number of aryl methyl sites for hydroxylation is 1. The lowest BCUT2D eigenvalue weighted by atomic mass is 10.0. The molecule has 2 rings (SSSR count). The predicted molar refractivity (Wildman–Crippen MR) is 112 cm³/mol. The second-order valence-corrected chi connectivity index (χ2v) is 6.49. The number of aromatic nitrogens is 2. The molecule has 1 fully saturated rings. The van der Waals surface area contributed by atoms with Gasteiger partial charge in [0.15, 0.2) is 5.96 Å². The molecule has 0 unspecified atom stereocenters. The largest absolute Gasteiger partial charge is 0.357 e. The lowest BCUT2D eigenvalue weighted by Gasteiger charge is -2.12. The van der Waals surface area contributed by atoms with E-state index in [1.54, 1.807) is 0 Å². The molecule has 5 nitrogen and oxygen atoms in total. The van der Waals surface area contributed by atoms with Gasteiger partial charge >= 0.3 is 0 Å². The van der Waals surface area contributed by atoms with E-state index in [0.717, 1.165) is 44.5 Å². The Morgan fingerprint density at radius 2 is 2.04 bits per heavy atom. The number of aliphatic imine (C=N–C) groups is 1. The van der Waals surface area contributed by atoms with Crippen LogP contribution in [0.25, 0.3) is 0 Å². The molecule has 0 aliphatic heterocycles. The molecular formula is C18H34IN5. The molecule has 24 heavy (non-hydrogen) atoms. The number of guanidine groups is 1. The second kappa shape index (κ2) is 13.5. The molecule has 0 saturated heterocycles. The molecule has 1 heterocycles. The van der Waals surface area contributed by atoms with Crippen molar-refractivity contribution in [2.45, 2.75) is 64.8 Å². The van der Waals surface area contributed by atoms with Crippen molar-refractivity contribution in [3.05, 3.63) is 18.7 Å². The highest BCUT2D eigenvalue weighted by Gasteiger charge is 2.13. The molecule has 1 aliphatic carbocycles. The minimum Gasteiger partial charge on any atom is -0.357 e. The summed E-state index contributed by atoms with van der Waals surface area (Å²) in [5.74, 6) is 1.97. The summed E-state index contributed by atoms with van der Waals surface area (Å²) in [6, 6.07) is 0. The summed E-state index contributed by atoms with van der Waals surface area (Å²) < 4.78 is 2.10. The number of nitrogens with one attached hydrogen (secondary N) is 2. The first-order valence-corrected chi connectivity index (χ1v) is 9.36. The van der Waals surface area contributed by atoms with Crippen LogP contribution in [-0.2, 0) is 6.54 Å². The van der Waals surface area contributed by atoms with Gasteiger partial charge in [-0.1, -0.05) is 38.5 Å². The van der Waals surface area contributed by atoms with Gasteiger partial charge in [-0.25, -0.2) is 4.98 Å². The first kappa shape index (κ1) is 21.3. The van der Waals surface area contributed by atoms with E-state index in [4.69, 9.17) is 0 Å².